The Morgan fingerprint density at radius 1 is 1.42 bits per heavy atom. The highest BCUT2D eigenvalue weighted by Gasteiger charge is 2.19. The molecule has 1 N–H and O–H groups in total. The van der Waals surface area contributed by atoms with Crippen molar-refractivity contribution in [2.45, 2.75) is 27.2 Å². The maximum atomic E-state index is 13.4. The van der Waals surface area contributed by atoms with Crippen LogP contribution in [0.3, 0.4) is 0 Å². The molecule has 0 atom stereocenters. The Morgan fingerprint density at radius 2 is 2.05 bits per heavy atom. The summed E-state index contributed by atoms with van der Waals surface area (Å²) in [6.07, 6.45) is 0.638. The Hall–Kier alpha value is -1.84. The lowest BCUT2D eigenvalue weighted by atomic mass is 9.90. The molecule has 0 saturated carbocycles. The van der Waals surface area contributed by atoms with Crippen LogP contribution in [0.5, 0.6) is 5.75 Å². The van der Waals surface area contributed by atoms with E-state index >= 15 is 0 Å². The van der Waals surface area contributed by atoms with Gasteiger partial charge in [-0.3, -0.25) is 0 Å². The standard InChI is InChI=1S/C15H19FO3/c1-5-11(9(2)3)14(15(17)18)10-6-7-12(16)13(8-10)19-4/h6-9H,5H2,1-4H3,(H,17,18)/b14-11+. The van der Waals surface area contributed by atoms with Crippen molar-refractivity contribution in [3.63, 3.8) is 0 Å². The highest BCUT2D eigenvalue weighted by Crippen LogP contribution is 2.29. The fourth-order valence-corrected chi connectivity index (χ4v) is 2.14. The van der Waals surface area contributed by atoms with Crippen LogP contribution in [0.2, 0.25) is 0 Å². The lowest BCUT2D eigenvalue weighted by Crippen LogP contribution is -2.08. The Kier molecular flexibility index (Phi) is 5.10. The summed E-state index contributed by atoms with van der Waals surface area (Å²) in [5.74, 6) is -1.33. The summed E-state index contributed by atoms with van der Waals surface area (Å²) in [5.41, 5.74) is 1.54. The molecular weight excluding hydrogens is 247 g/mol. The van der Waals surface area contributed by atoms with Crippen LogP contribution in [0.4, 0.5) is 4.39 Å². The molecule has 1 aromatic rings. The van der Waals surface area contributed by atoms with Crippen molar-refractivity contribution < 1.29 is 19.0 Å². The fourth-order valence-electron chi connectivity index (χ4n) is 2.14. The molecule has 19 heavy (non-hydrogen) atoms. The van der Waals surface area contributed by atoms with Crippen molar-refractivity contribution in [2.75, 3.05) is 7.11 Å². The monoisotopic (exact) mass is 266 g/mol. The van der Waals surface area contributed by atoms with Crippen molar-refractivity contribution in [2.24, 2.45) is 5.92 Å². The molecule has 1 aromatic carbocycles. The van der Waals surface area contributed by atoms with E-state index in [9.17, 15) is 14.3 Å². The van der Waals surface area contributed by atoms with Crippen LogP contribution in [0.25, 0.3) is 5.57 Å². The second-order valence-electron chi connectivity index (χ2n) is 4.56. The topological polar surface area (TPSA) is 46.5 Å². The first-order chi connectivity index (χ1) is 8.92. The largest absolute Gasteiger partial charge is 0.494 e. The van der Waals surface area contributed by atoms with Crippen molar-refractivity contribution in [1.29, 1.82) is 0 Å². The van der Waals surface area contributed by atoms with Gasteiger partial charge in [-0.25, -0.2) is 9.18 Å². The summed E-state index contributed by atoms with van der Waals surface area (Å²) in [5, 5.41) is 9.42. The van der Waals surface area contributed by atoms with Crippen LogP contribution in [0.15, 0.2) is 23.8 Å². The number of allylic oxidation sites excluding steroid dienone is 1. The number of halogens is 1. The van der Waals surface area contributed by atoms with E-state index < -0.39 is 11.8 Å². The molecule has 0 heterocycles. The number of carbonyl (C=O) groups is 1. The highest BCUT2D eigenvalue weighted by molar-refractivity contribution is 6.16. The third-order valence-corrected chi connectivity index (χ3v) is 3.05. The minimum absolute atomic E-state index is 0.0514. The number of hydrogen-bond acceptors (Lipinski definition) is 2. The molecule has 0 saturated heterocycles. The van der Waals surface area contributed by atoms with E-state index in [1.807, 2.05) is 20.8 Å². The molecule has 1 rings (SSSR count). The summed E-state index contributed by atoms with van der Waals surface area (Å²) in [6.45, 7) is 5.81. The van der Waals surface area contributed by atoms with Crippen LogP contribution >= 0.6 is 0 Å². The van der Waals surface area contributed by atoms with Gasteiger partial charge in [-0.1, -0.05) is 32.4 Å². The SMILES string of the molecule is CC/C(=C(\C(=O)O)c1ccc(F)c(OC)c1)C(C)C. The van der Waals surface area contributed by atoms with Crippen LogP contribution in [-0.2, 0) is 4.79 Å². The molecule has 4 heteroatoms. The summed E-state index contributed by atoms with van der Waals surface area (Å²) in [7, 11) is 1.36. The van der Waals surface area contributed by atoms with E-state index in [4.69, 9.17) is 4.74 Å². The normalized spacial score (nSPS) is 12.3. The van der Waals surface area contributed by atoms with Crippen molar-refractivity contribution in [1.82, 2.24) is 0 Å². The number of carboxylic acids is 1. The number of aliphatic carboxylic acids is 1. The molecule has 0 bridgehead atoms. The van der Waals surface area contributed by atoms with Crippen LogP contribution in [-0.4, -0.2) is 18.2 Å². The van der Waals surface area contributed by atoms with Gasteiger partial charge >= 0.3 is 5.97 Å². The zero-order valence-electron chi connectivity index (χ0n) is 11.7. The maximum Gasteiger partial charge on any atom is 0.336 e. The van der Waals surface area contributed by atoms with Gasteiger partial charge in [0.2, 0.25) is 0 Å². The number of rotatable bonds is 5. The summed E-state index contributed by atoms with van der Waals surface area (Å²) in [6, 6.07) is 4.13. The van der Waals surface area contributed by atoms with Gasteiger partial charge < -0.3 is 9.84 Å². The Balaban J connectivity index is 3.47. The average Bonchev–Trinajstić information content (AvgIpc) is 2.35. The molecule has 0 unspecified atom stereocenters. The molecule has 0 radical (unpaired) electrons. The van der Waals surface area contributed by atoms with E-state index in [0.717, 1.165) is 5.57 Å². The second-order valence-corrected chi connectivity index (χ2v) is 4.56. The predicted molar refractivity (Wildman–Crippen MR) is 72.6 cm³/mol. The second kappa shape index (κ2) is 6.36. The van der Waals surface area contributed by atoms with Gasteiger partial charge in [0.1, 0.15) is 0 Å². The predicted octanol–water partition coefficient (Wildman–Crippen LogP) is 3.74. The molecule has 0 spiro atoms. The Labute approximate surface area is 112 Å². The first-order valence-electron chi connectivity index (χ1n) is 6.22. The third-order valence-electron chi connectivity index (χ3n) is 3.05. The smallest absolute Gasteiger partial charge is 0.336 e. The van der Waals surface area contributed by atoms with Crippen molar-refractivity contribution in [3.05, 3.63) is 35.2 Å². The first kappa shape index (κ1) is 15.2. The van der Waals surface area contributed by atoms with Gasteiger partial charge in [0, 0.05) is 0 Å². The Bertz CT molecular complexity index is 504. The number of hydrogen-bond donors (Lipinski definition) is 1. The molecule has 0 fully saturated rings. The average molecular weight is 266 g/mol. The summed E-state index contributed by atoms with van der Waals surface area (Å²) >= 11 is 0. The highest BCUT2D eigenvalue weighted by atomic mass is 19.1. The van der Waals surface area contributed by atoms with Crippen molar-refractivity contribution in [3.8, 4) is 5.75 Å². The van der Waals surface area contributed by atoms with E-state index in [1.165, 1.54) is 25.3 Å². The van der Waals surface area contributed by atoms with Gasteiger partial charge in [-0.2, -0.15) is 0 Å². The molecule has 3 nitrogen and oxygen atoms in total. The fraction of sp³-hybridized carbons (Fsp3) is 0.400. The number of carboxylic acid groups (broad SMARTS) is 1. The minimum Gasteiger partial charge on any atom is -0.494 e. The third kappa shape index (κ3) is 3.34. The quantitative estimate of drug-likeness (QED) is 0.826. The minimum atomic E-state index is -1.00. The van der Waals surface area contributed by atoms with E-state index in [0.29, 0.717) is 12.0 Å². The molecule has 0 amide bonds. The van der Waals surface area contributed by atoms with Gasteiger partial charge in [0.15, 0.2) is 11.6 Å². The zero-order valence-corrected chi connectivity index (χ0v) is 11.7. The molecule has 0 aliphatic rings. The molecule has 0 aliphatic carbocycles. The maximum absolute atomic E-state index is 13.4. The van der Waals surface area contributed by atoms with Crippen LogP contribution in [0, 0.1) is 11.7 Å². The van der Waals surface area contributed by atoms with E-state index in [2.05, 4.69) is 0 Å². The van der Waals surface area contributed by atoms with E-state index in [-0.39, 0.29) is 17.2 Å². The van der Waals surface area contributed by atoms with Crippen molar-refractivity contribution >= 4 is 11.5 Å². The van der Waals surface area contributed by atoms with Gasteiger partial charge in [-0.15, -0.1) is 0 Å². The zero-order chi connectivity index (χ0) is 14.6. The summed E-state index contributed by atoms with van der Waals surface area (Å²) in [4.78, 5) is 11.5. The van der Waals surface area contributed by atoms with Crippen LogP contribution < -0.4 is 4.74 Å². The lowest BCUT2D eigenvalue weighted by molar-refractivity contribution is -0.130. The molecule has 0 aliphatic heterocycles. The molecule has 104 valence electrons. The van der Waals surface area contributed by atoms with Gasteiger partial charge in [0.05, 0.1) is 12.7 Å². The van der Waals surface area contributed by atoms with Crippen LogP contribution in [0.1, 0.15) is 32.8 Å². The lowest BCUT2D eigenvalue weighted by Gasteiger charge is -2.15. The van der Waals surface area contributed by atoms with E-state index in [1.54, 1.807) is 0 Å². The Morgan fingerprint density at radius 3 is 2.47 bits per heavy atom. The number of benzene rings is 1. The molecule has 0 aromatic heterocycles. The summed E-state index contributed by atoms with van der Waals surface area (Å²) < 4.78 is 18.3. The molecular formula is C15H19FO3. The van der Waals surface area contributed by atoms with Gasteiger partial charge in [-0.05, 0) is 30.0 Å². The number of ether oxygens (including phenoxy) is 1. The van der Waals surface area contributed by atoms with Gasteiger partial charge in [0.25, 0.3) is 0 Å². The first-order valence-corrected chi connectivity index (χ1v) is 6.22. The number of methoxy groups -OCH3 is 1.